The number of nitrogens with one attached hydrogen (secondary N) is 1. The van der Waals surface area contributed by atoms with E-state index < -0.39 is 9.84 Å². The van der Waals surface area contributed by atoms with Gasteiger partial charge in [0.2, 0.25) is 0 Å². The fourth-order valence-electron chi connectivity index (χ4n) is 1.92. The molecule has 1 unspecified atom stereocenters. The molecule has 0 saturated heterocycles. The number of benzene rings is 1. The Morgan fingerprint density at radius 2 is 1.90 bits per heavy atom. The Morgan fingerprint density at radius 1 is 1.20 bits per heavy atom. The highest BCUT2D eigenvalue weighted by atomic mass is 32.2. The van der Waals surface area contributed by atoms with Crippen molar-refractivity contribution in [2.24, 2.45) is 0 Å². The molecular formula is C15H19NO3S. The van der Waals surface area contributed by atoms with E-state index in [9.17, 15) is 8.42 Å². The number of aryl methyl sites for hydroxylation is 1. The van der Waals surface area contributed by atoms with Gasteiger partial charge in [0.05, 0.1) is 23.5 Å². The van der Waals surface area contributed by atoms with Gasteiger partial charge in [0, 0.05) is 6.04 Å². The molecule has 0 fully saturated rings. The molecule has 4 nitrogen and oxygen atoms in total. The van der Waals surface area contributed by atoms with Gasteiger partial charge in [-0.25, -0.2) is 8.42 Å². The lowest BCUT2D eigenvalue weighted by molar-refractivity contribution is 0.463. The first kappa shape index (κ1) is 14.8. The van der Waals surface area contributed by atoms with Gasteiger partial charge >= 0.3 is 0 Å². The molecule has 5 heteroatoms. The maximum absolute atomic E-state index is 12.3. The molecule has 0 bridgehead atoms. The van der Waals surface area contributed by atoms with Gasteiger partial charge in [-0.05, 0) is 38.1 Å². The Kier molecular flexibility index (Phi) is 4.62. The second-order valence-electron chi connectivity index (χ2n) is 4.96. The standard InChI is InChI=1S/C15H19NO3S/c1-12-5-7-15(8-6-12)20(17,18)11-13(2)16-10-14-4-3-9-19-14/h3-9,13,16H,10-11H2,1-2H3. The SMILES string of the molecule is Cc1ccc(S(=O)(=O)CC(C)NCc2ccco2)cc1. The number of hydrogen-bond donors (Lipinski definition) is 1. The lowest BCUT2D eigenvalue weighted by atomic mass is 10.2. The van der Waals surface area contributed by atoms with Crippen molar-refractivity contribution in [2.45, 2.75) is 31.3 Å². The molecule has 1 atom stereocenters. The van der Waals surface area contributed by atoms with Crippen molar-refractivity contribution in [2.75, 3.05) is 5.75 Å². The maximum Gasteiger partial charge on any atom is 0.179 e. The first-order chi connectivity index (χ1) is 9.47. The fourth-order valence-corrected chi connectivity index (χ4v) is 3.44. The zero-order valence-corrected chi connectivity index (χ0v) is 12.5. The number of rotatable bonds is 6. The van der Waals surface area contributed by atoms with E-state index in [1.807, 2.05) is 38.1 Å². The summed E-state index contributed by atoms with van der Waals surface area (Å²) in [5, 5.41) is 3.15. The summed E-state index contributed by atoms with van der Waals surface area (Å²) in [6.45, 7) is 4.32. The van der Waals surface area contributed by atoms with Crippen LogP contribution in [0.15, 0.2) is 52.0 Å². The minimum absolute atomic E-state index is 0.0662. The van der Waals surface area contributed by atoms with Gasteiger partial charge in [-0.1, -0.05) is 17.7 Å². The van der Waals surface area contributed by atoms with Crippen LogP contribution in [-0.2, 0) is 16.4 Å². The zero-order valence-electron chi connectivity index (χ0n) is 11.7. The van der Waals surface area contributed by atoms with E-state index in [1.165, 1.54) is 0 Å². The molecule has 0 amide bonds. The highest BCUT2D eigenvalue weighted by Crippen LogP contribution is 2.13. The van der Waals surface area contributed by atoms with Gasteiger partial charge in [-0.15, -0.1) is 0 Å². The van der Waals surface area contributed by atoms with Crippen LogP contribution in [0.3, 0.4) is 0 Å². The molecule has 108 valence electrons. The molecule has 2 aromatic rings. The van der Waals surface area contributed by atoms with Crippen molar-refractivity contribution >= 4 is 9.84 Å². The van der Waals surface area contributed by atoms with Crippen LogP contribution < -0.4 is 5.32 Å². The smallest absolute Gasteiger partial charge is 0.179 e. The van der Waals surface area contributed by atoms with Gasteiger partial charge in [0.1, 0.15) is 5.76 Å². The van der Waals surface area contributed by atoms with Gasteiger partial charge in [0.25, 0.3) is 0 Å². The predicted molar refractivity (Wildman–Crippen MR) is 78.2 cm³/mol. The van der Waals surface area contributed by atoms with Crippen LogP contribution >= 0.6 is 0 Å². The highest BCUT2D eigenvalue weighted by molar-refractivity contribution is 7.91. The molecule has 1 aromatic carbocycles. The topological polar surface area (TPSA) is 59.3 Å². The summed E-state index contributed by atoms with van der Waals surface area (Å²) >= 11 is 0. The van der Waals surface area contributed by atoms with Crippen LogP contribution in [0.2, 0.25) is 0 Å². The van der Waals surface area contributed by atoms with Gasteiger partial charge in [-0.2, -0.15) is 0 Å². The number of furan rings is 1. The molecule has 1 N–H and O–H groups in total. The second-order valence-corrected chi connectivity index (χ2v) is 6.99. The Labute approximate surface area is 119 Å². The molecule has 1 aromatic heterocycles. The Balaban J connectivity index is 1.95. The Bertz CT molecular complexity index is 630. The average molecular weight is 293 g/mol. The van der Waals surface area contributed by atoms with Crippen LogP contribution in [0, 0.1) is 6.92 Å². The molecule has 0 aliphatic rings. The van der Waals surface area contributed by atoms with Crippen LogP contribution in [0.5, 0.6) is 0 Å². The molecule has 0 spiro atoms. The first-order valence-corrected chi connectivity index (χ1v) is 8.18. The maximum atomic E-state index is 12.3. The summed E-state index contributed by atoms with van der Waals surface area (Å²) in [4.78, 5) is 0.370. The van der Waals surface area contributed by atoms with E-state index in [4.69, 9.17) is 4.42 Å². The molecule has 2 rings (SSSR count). The summed E-state index contributed by atoms with van der Waals surface area (Å²) in [5.41, 5.74) is 1.05. The summed E-state index contributed by atoms with van der Waals surface area (Å²) < 4.78 is 29.7. The molecule has 0 saturated carbocycles. The van der Waals surface area contributed by atoms with E-state index >= 15 is 0 Å². The lowest BCUT2D eigenvalue weighted by Gasteiger charge is -2.13. The Morgan fingerprint density at radius 3 is 2.50 bits per heavy atom. The largest absolute Gasteiger partial charge is 0.468 e. The second kappa shape index (κ2) is 6.24. The van der Waals surface area contributed by atoms with E-state index in [-0.39, 0.29) is 11.8 Å². The average Bonchev–Trinajstić information content (AvgIpc) is 2.89. The normalized spacial score (nSPS) is 13.3. The third-order valence-electron chi connectivity index (χ3n) is 3.05. The zero-order chi connectivity index (χ0) is 14.6. The van der Waals surface area contributed by atoms with Crippen molar-refractivity contribution in [3.05, 3.63) is 54.0 Å². The van der Waals surface area contributed by atoms with Gasteiger partial charge in [-0.3, -0.25) is 0 Å². The van der Waals surface area contributed by atoms with Crippen LogP contribution in [0.25, 0.3) is 0 Å². The van der Waals surface area contributed by atoms with Crippen LogP contribution in [0.4, 0.5) is 0 Å². The number of sulfone groups is 1. The molecule has 20 heavy (non-hydrogen) atoms. The quantitative estimate of drug-likeness (QED) is 0.889. The minimum atomic E-state index is -3.26. The summed E-state index contributed by atoms with van der Waals surface area (Å²) in [6, 6.07) is 10.5. The summed E-state index contributed by atoms with van der Waals surface area (Å²) in [7, 11) is -3.26. The predicted octanol–water partition coefficient (Wildman–Crippen LogP) is 2.54. The van der Waals surface area contributed by atoms with E-state index in [1.54, 1.807) is 18.4 Å². The van der Waals surface area contributed by atoms with Gasteiger partial charge in [0.15, 0.2) is 9.84 Å². The van der Waals surface area contributed by atoms with Crippen molar-refractivity contribution < 1.29 is 12.8 Å². The van der Waals surface area contributed by atoms with Gasteiger partial charge < -0.3 is 9.73 Å². The van der Waals surface area contributed by atoms with E-state index in [0.717, 1.165) is 11.3 Å². The monoisotopic (exact) mass is 293 g/mol. The minimum Gasteiger partial charge on any atom is -0.468 e. The number of hydrogen-bond acceptors (Lipinski definition) is 4. The van der Waals surface area contributed by atoms with Crippen LogP contribution in [-0.4, -0.2) is 20.2 Å². The van der Waals surface area contributed by atoms with Crippen molar-refractivity contribution in [1.29, 1.82) is 0 Å². The molecule has 0 aliphatic carbocycles. The van der Waals surface area contributed by atoms with Crippen LogP contribution in [0.1, 0.15) is 18.2 Å². The fraction of sp³-hybridized carbons (Fsp3) is 0.333. The Hall–Kier alpha value is -1.59. The third kappa shape index (κ3) is 3.95. The molecule has 0 radical (unpaired) electrons. The summed E-state index contributed by atoms with van der Waals surface area (Å²) in [5.74, 6) is 0.862. The first-order valence-electron chi connectivity index (χ1n) is 6.52. The molecule has 0 aliphatic heterocycles. The highest BCUT2D eigenvalue weighted by Gasteiger charge is 2.18. The van der Waals surface area contributed by atoms with Crippen molar-refractivity contribution in [1.82, 2.24) is 5.32 Å². The van der Waals surface area contributed by atoms with E-state index in [0.29, 0.717) is 11.4 Å². The van der Waals surface area contributed by atoms with Crippen molar-refractivity contribution in [3.63, 3.8) is 0 Å². The molecular weight excluding hydrogens is 274 g/mol. The van der Waals surface area contributed by atoms with Crippen molar-refractivity contribution in [3.8, 4) is 0 Å². The lowest BCUT2D eigenvalue weighted by Crippen LogP contribution is -2.32. The van der Waals surface area contributed by atoms with E-state index in [2.05, 4.69) is 5.32 Å². The third-order valence-corrected chi connectivity index (χ3v) is 4.98. The summed E-state index contributed by atoms with van der Waals surface area (Å²) in [6.07, 6.45) is 1.60. The molecule has 1 heterocycles.